The third kappa shape index (κ3) is 1.95. The van der Waals surface area contributed by atoms with E-state index in [4.69, 9.17) is 0 Å². The topological polar surface area (TPSA) is 37.4 Å². The number of allylic oxidation sites excluding steroid dienone is 2. The van der Waals surface area contributed by atoms with Crippen molar-refractivity contribution in [2.75, 3.05) is 4.90 Å². The van der Waals surface area contributed by atoms with Crippen LogP contribution in [0.15, 0.2) is 42.0 Å². The van der Waals surface area contributed by atoms with Crippen molar-refractivity contribution in [2.45, 2.75) is 27.7 Å². The molecule has 0 N–H and O–H groups in total. The van der Waals surface area contributed by atoms with Gasteiger partial charge in [0.1, 0.15) is 0 Å². The molecule has 3 unspecified atom stereocenters. The Morgan fingerprint density at radius 2 is 1.67 bits per heavy atom. The highest BCUT2D eigenvalue weighted by Crippen LogP contribution is 2.50. The lowest BCUT2D eigenvalue weighted by atomic mass is 9.63. The molecule has 0 spiro atoms. The van der Waals surface area contributed by atoms with Crippen LogP contribution < -0.4 is 4.90 Å². The summed E-state index contributed by atoms with van der Waals surface area (Å²) in [6, 6.07) is 9.25. The predicted molar refractivity (Wildman–Crippen MR) is 82.6 cm³/mol. The van der Waals surface area contributed by atoms with Gasteiger partial charge in [-0.2, -0.15) is 0 Å². The summed E-state index contributed by atoms with van der Waals surface area (Å²) in [6.45, 7) is 8.23. The van der Waals surface area contributed by atoms with Crippen LogP contribution in [0.1, 0.15) is 27.7 Å². The zero-order chi connectivity index (χ0) is 15.4. The summed E-state index contributed by atoms with van der Waals surface area (Å²) in [6.07, 6.45) is 2.17. The van der Waals surface area contributed by atoms with Gasteiger partial charge in [-0.1, -0.05) is 50.6 Å². The van der Waals surface area contributed by atoms with Gasteiger partial charge in [-0.15, -0.1) is 0 Å². The lowest BCUT2D eigenvalue weighted by Crippen LogP contribution is -2.39. The van der Waals surface area contributed by atoms with Crippen LogP contribution in [-0.4, -0.2) is 11.8 Å². The number of anilines is 1. The highest BCUT2D eigenvalue weighted by Gasteiger charge is 2.57. The molecule has 0 bridgehead atoms. The van der Waals surface area contributed by atoms with Gasteiger partial charge in [0.25, 0.3) is 0 Å². The largest absolute Gasteiger partial charge is 0.274 e. The van der Waals surface area contributed by atoms with Gasteiger partial charge >= 0.3 is 0 Å². The number of benzene rings is 1. The Hall–Kier alpha value is -1.90. The Morgan fingerprint density at radius 3 is 2.29 bits per heavy atom. The van der Waals surface area contributed by atoms with Gasteiger partial charge in [0.15, 0.2) is 0 Å². The number of hydrogen-bond acceptors (Lipinski definition) is 2. The van der Waals surface area contributed by atoms with Gasteiger partial charge < -0.3 is 0 Å². The maximum Gasteiger partial charge on any atom is 0.238 e. The second-order valence-corrected chi connectivity index (χ2v) is 6.85. The molecule has 2 aliphatic rings. The first-order chi connectivity index (χ1) is 9.84. The zero-order valence-corrected chi connectivity index (χ0v) is 13.0. The maximum absolute atomic E-state index is 12.9. The van der Waals surface area contributed by atoms with Gasteiger partial charge in [0.05, 0.1) is 17.5 Å². The van der Waals surface area contributed by atoms with Crippen LogP contribution in [-0.2, 0) is 9.59 Å². The fourth-order valence-electron chi connectivity index (χ4n) is 3.90. The van der Waals surface area contributed by atoms with Gasteiger partial charge in [0.2, 0.25) is 11.8 Å². The predicted octanol–water partition coefficient (Wildman–Crippen LogP) is 3.41. The first-order valence-corrected chi connectivity index (χ1v) is 7.47. The number of hydrogen-bond donors (Lipinski definition) is 0. The zero-order valence-electron chi connectivity index (χ0n) is 13.0. The van der Waals surface area contributed by atoms with Crippen molar-refractivity contribution in [3.05, 3.63) is 42.0 Å². The van der Waals surface area contributed by atoms with E-state index in [1.807, 2.05) is 30.3 Å². The summed E-state index contributed by atoms with van der Waals surface area (Å²) >= 11 is 0. The van der Waals surface area contributed by atoms with Crippen molar-refractivity contribution in [3.8, 4) is 0 Å². The molecule has 1 fully saturated rings. The van der Waals surface area contributed by atoms with E-state index < -0.39 is 0 Å². The third-order valence-corrected chi connectivity index (χ3v) is 5.02. The second kappa shape index (κ2) is 4.55. The summed E-state index contributed by atoms with van der Waals surface area (Å²) in [5.74, 6) is -0.490. The van der Waals surface area contributed by atoms with E-state index in [-0.39, 0.29) is 35.0 Å². The monoisotopic (exact) mass is 283 g/mol. The number of nitrogens with zero attached hydrogens (tertiary/aromatic N) is 1. The third-order valence-electron chi connectivity index (χ3n) is 5.02. The molecular formula is C18H21NO2. The maximum atomic E-state index is 12.9. The molecule has 1 aliphatic heterocycles. The molecule has 1 saturated heterocycles. The van der Waals surface area contributed by atoms with E-state index in [1.54, 1.807) is 0 Å². The van der Waals surface area contributed by atoms with Gasteiger partial charge in [-0.25, -0.2) is 0 Å². The fraction of sp³-hybridized carbons (Fsp3) is 0.444. The van der Waals surface area contributed by atoms with Crippen LogP contribution in [0.4, 0.5) is 5.69 Å². The average molecular weight is 283 g/mol. The first kappa shape index (κ1) is 14.1. The van der Waals surface area contributed by atoms with E-state index in [2.05, 4.69) is 33.8 Å². The molecule has 3 rings (SSSR count). The van der Waals surface area contributed by atoms with Crippen molar-refractivity contribution in [3.63, 3.8) is 0 Å². The van der Waals surface area contributed by atoms with Crippen LogP contribution in [0.3, 0.4) is 0 Å². The van der Waals surface area contributed by atoms with Crippen LogP contribution in [0.2, 0.25) is 0 Å². The molecule has 1 aliphatic carbocycles. The van der Waals surface area contributed by atoms with Crippen LogP contribution >= 0.6 is 0 Å². The highest BCUT2D eigenvalue weighted by atomic mass is 16.2. The molecule has 1 aromatic carbocycles. The molecule has 3 nitrogen and oxygen atoms in total. The molecule has 1 aromatic rings. The molecular weight excluding hydrogens is 262 g/mol. The molecule has 3 heteroatoms. The molecule has 0 radical (unpaired) electrons. The number of carbonyl (C=O) groups excluding carboxylic acids is 2. The summed E-state index contributed by atoms with van der Waals surface area (Å²) in [5.41, 5.74) is 1.61. The van der Waals surface area contributed by atoms with E-state index in [0.29, 0.717) is 5.69 Å². The SMILES string of the molecule is CC1=CC(C)(C)C2C(=O)N(c3ccccc3)C(=O)C2C1C. The van der Waals surface area contributed by atoms with Crippen molar-refractivity contribution >= 4 is 17.5 Å². The van der Waals surface area contributed by atoms with Gasteiger partial charge in [0, 0.05) is 0 Å². The van der Waals surface area contributed by atoms with Gasteiger partial charge in [-0.05, 0) is 30.4 Å². The highest BCUT2D eigenvalue weighted by molar-refractivity contribution is 6.22. The number of rotatable bonds is 1. The Kier molecular flexibility index (Phi) is 3.05. The van der Waals surface area contributed by atoms with E-state index in [0.717, 1.165) is 0 Å². The Morgan fingerprint density at radius 1 is 1.05 bits per heavy atom. The number of fused-ring (bicyclic) bond motifs is 1. The van der Waals surface area contributed by atoms with Crippen molar-refractivity contribution in [1.82, 2.24) is 0 Å². The number of amides is 2. The van der Waals surface area contributed by atoms with E-state index >= 15 is 0 Å². The molecule has 21 heavy (non-hydrogen) atoms. The summed E-state index contributed by atoms with van der Waals surface area (Å²) in [7, 11) is 0. The lowest BCUT2D eigenvalue weighted by molar-refractivity contribution is -0.124. The normalized spacial score (nSPS) is 31.1. The average Bonchev–Trinajstić information content (AvgIpc) is 2.69. The molecule has 0 aromatic heterocycles. The molecule has 0 saturated carbocycles. The number of carbonyl (C=O) groups is 2. The summed E-state index contributed by atoms with van der Waals surface area (Å²) < 4.78 is 0. The van der Waals surface area contributed by atoms with Crippen LogP contribution in [0.5, 0.6) is 0 Å². The van der Waals surface area contributed by atoms with Gasteiger partial charge in [-0.3, -0.25) is 14.5 Å². The number of para-hydroxylation sites is 1. The minimum atomic E-state index is -0.280. The Bertz CT molecular complexity index is 630. The van der Waals surface area contributed by atoms with Crippen molar-refractivity contribution in [2.24, 2.45) is 23.2 Å². The molecule has 110 valence electrons. The second-order valence-electron chi connectivity index (χ2n) is 6.85. The Balaban J connectivity index is 2.09. The smallest absolute Gasteiger partial charge is 0.238 e. The van der Waals surface area contributed by atoms with Crippen molar-refractivity contribution in [1.29, 1.82) is 0 Å². The molecule has 3 atom stereocenters. The Labute approximate surface area is 125 Å². The molecule has 2 amide bonds. The minimum Gasteiger partial charge on any atom is -0.274 e. The van der Waals surface area contributed by atoms with E-state index in [1.165, 1.54) is 10.5 Å². The minimum absolute atomic E-state index is 0.0516. The van der Waals surface area contributed by atoms with Crippen LogP contribution in [0.25, 0.3) is 0 Å². The summed E-state index contributed by atoms with van der Waals surface area (Å²) in [5, 5.41) is 0. The fourth-order valence-corrected chi connectivity index (χ4v) is 3.90. The summed E-state index contributed by atoms with van der Waals surface area (Å²) in [4.78, 5) is 27.2. The first-order valence-electron chi connectivity index (χ1n) is 7.47. The standard InChI is InChI=1S/C18H21NO2/c1-11-10-18(3,4)15-14(12(11)2)16(20)19(17(15)21)13-8-6-5-7-9-13/h5-10,12,14-15H,1-4H3. The molecule has 1 heterocycles. The van der Waals surface area contributed by atoms with Crippen molar-refractivity contribution < 1.29 is 9.59 Å². The lowest BCUT2D eigenvalue weighted by Gasteiger charge is -2.38. The number of imide groups is 1. The quantitative estimate of drug-likeness (QED) is 0.585. The van der Waals surface area contributed by atoms with E-state index in [9.17, 15) is 9.59 Å². The van der Waals surface area contributed by atoms with Crippen LogP contribution in [0, 0.1) is 23.2 Å².